The number of benzene rings is 1. The molecule has 1 rings (SSSR count). The van der Waals surface area contributed by atoms with Gasteiger partial charge >= 0.3 is 0 Å². The minimum absolute atomic E-state index is 0.0828. The molecule has 0 radical (unpaired) electrons. The van der Waals surface area contributed by atoms with E-state index in [1.807, 2.05) is 6.92 Å². The molecule has 0 bridgehead atoms. The van der Waals surface area contributed by atoms with Crippen molar-refractivity contribution in [3.63, 3.8) is 0 Å². The van der Waals surface area contributed by atoms with Crippen molar-refractivity contribution in [1.29, 1.82) is 0 Å². The summed E-state index contributed by atoms with van der Waals surface area (Å²) >= 11 is 3.25. The molecule has 72 valence electrons. The standard InChI is InChI=1S/C10H11BrF2/c1-7(5-6-11)10-8(12)3-2-4-9(10)13/h2-4,7H,5-6H2,1H3. The topological polar surface area (TPSA) is 0 Å². The van der Waals surface area contributed by atoms with Crippen molar-refractivity contribution in [1.82, 2.24) is 0 Å². The molecule has 1 atom stereocenters. The molecule has 0 spiro atoms. The lowest BCUT2D eigenvalue weighted by Gasteiger charge is -2.11. The van der Waals surface area contributed by atoms with E-state index in [1.54, 1.807) is 0 Å². The zero-order valence-electron chi connectivity index (χ0n) is 7.36. The van der Waals surface area contributed by atoms with Crippen molar-refractivity contribution >= 4 is 15.9 Å². The van der Waals surface area contributed by atoms with Crippen LogP contribution in [-0.2, 0) is 0 Å². The van der Waals surface area contributed by atoms with Crippen LogP contribution in [0.2, 0.25) is 0 Å². The fourth-order valence-electron chi connectivity index (χ4n) is 1.29. The normalized spacial score (nSPS) is 12.9. The van der Waals surface area contributed by atoms with E-state index in [9.17, 15) is 8.78 Å². The Morgan fingerprint density at radius 1 is 1.31 bits per heavy atom. The minimum atomic E-state index is -0.451. The van der Waals surface area contributed by atoms with E-state index in [0.717, 1.165) is 11.8 Å². The van der Waals surface area contributed by atoms with Gasteiger partial charge in [-0.25, -0.2) is 8.78 Å². The largest absolute Gasteiger partial charge is 0.207 e. The summed E-state index contributed by atoms with van der Waals surface area (Å²) < 4.78 is 26.3. The highest BCUT2D eigenvalue weighted by Gasteiger charge is 2.14. The summed E-state index contributed by atoms with van der Waals surface area (Å²) in [7, 11) is 0. The highest BCUT2D eigenvalue weighted by molar-refractivity contribution is 9.09. The summed E-state index contributed by atoms with van der Waals surface area (Å²) in [5.74, 6) is -0.984. The molecule has 0 nitrogen and oxygen atoms in total. The molecule has 1 unspecified atom stereocenters. The van der Waals surface area contributed by atoms with Gasteiger partial charge in [-0.15, -0.1) is 0 Å². The van der Waals surface area contributed by atoms with Crippen LogP contribution >= 0.6 is 15.9 Å². The fourth-order valence-corrected chi connectivity index (χ4v) is 1.98. The summed E-state index contributed by atoms with van der Waals surface area (Å²) in [6.45, 7) is 1.82. The van der Waals surface area contributed by atoms with Crippen LogP contribution in [0.5, 0.6) is 0 Å². The van der Waals surface area contributed by atoms with Gasteiger partial charge in [0.05, 0.1) is 0 Å². The molecule has 1 aromatic rings. The third-order valence-electron chi connectivity index (χ3n) is 2.03. The number of halogens is 3. The lowest BCUT2D eigenvalue weighted by atomic mass is 9.98. The molecule has 0 fully saturated rings. The van der Waals surface area contributed by atoms with Gasteiger partial charge in [-0.3, -0.25) is 0 Å². The Bertz CT molecular complexity index is 266. The van der Waals surface area contributed by atoms with Crippen LogP contribution in [0.3, 0.4) is 0 Å². The van der Waals surface area contributed by atoms with Gasteiger partial charge < -0.3 is 0 Å². The fraction of sp³-hybridized carbons (Fsp3) is 0.400. The Morgan fingerprint density at radius 2 is 1.85 bits per heavy atom. The van der Waals surface area contributed by atoms with Crippen molar-refractivity contribution < 1.29 is 8.78 Å². The Morgan fingerprint density at radius 3 is 2.31 bits per heavy atom. The van der Waals surface area contributed by atoms with Gasteiger partial charge in [0.15, 0.2) is 0 Å². The molecule has 0 heterocycles. The predicted molar refractivity (Wildman–Crippen MR) is 53.2 cm³/mol. The molecule has 13 heavy (non-hydrogen) atoms. The SMILES string of the molecule is CC(CCBr)c1c(F)cccc1F. The number of hydrogen-bond donors (Lipinski definition) is 0. The zero-order valence-corrected chi connectivity index (χ0v) is 8.94. The van der Waals surface area contributed by atoms with E-state index in [2.05, 4.69) is 15.9 Å². The molecular weight excluding hydrogens is 238 g/mol. The number of rotatable bonds is 3. The minimum Gasteiger partial charge on any atom is -0.207 e. The van der Waals surface area contributed by atoms with Crippen LogP contribution in [0.15, 0.2) is 18.2 Å². The van der Waals surface area contributed by atoms with Gasteiger partial charge in [0, 0.05) is 10.9 Å². The van der Waals surface area contributed by atoms with Crippen molar-refractivity contribution in [3.8, 4) is 0 Å². The first-order valence-corrected chi connectivity index (χ1v) is 5.28. The van der Waals surface area contributed by atoms with Crippen LogP contribution in [0.4, 0.5) is 8.78 Å². The summed E-state index contributed by atoms with van der Waals surface area (Å²) in [6.07, 6.45) is 0.734. The van der Waals surface area contributed by atoms with Crippen molar-refractivity contribution in [2.75, 3.05) is 5.33 Å². The van der Waals surface area contributed by atoms with Crippen LogP contribution in [-0.4, -0.2) is 5.33 Å². The molecule has 0 aliphatic rings. The van der Waals surface area contributed by atoms with E-state index in [0.29, 0.717) is 0 Å². The number of hydrogen-bond acceptors (Lipinski definition) is 0. The maximum Gasteiger partial charge on any atom is 0.129 e. The smallest absolute Gasteiger partial charge is 0.129 e. The predicted octanol–water partition coefficient (Wildman–Crippen LogP) is 3.85. The maximum absolute atomic E-state index is 13.2. The lowest BCUT2D eigenvalue weighted by Crippen LogP contribution is -2.01. The van der Waals surface area contributed by atoms with Crippen LogP contribution in [0, 0.1) is 11.6 Å². The van der Waals surface area contributed by atoms with Crippen LogP contribution in [0.25, 0.3) is 0 Å². The highest BCUT2D eigenvalue weighted by Crippen LogP contribution is 2.25. The zero-order chi connectivity index (χ0) is 9.84. The average molecular weight is 249 g/mol. The quantitative estimate of drug-likeness (QED) is 0.713. The molecule has 0 aliphatic carbocycles. The number of alkyl halides is 1. The molecule has 3 heteroatoms. The van der Waals surface area contributed by atoms with Gasteiger partial charge in [0.25, 0.3) is 0 Å². The second kappa shape index (κ2) is 4.70. The van der Waals surface area contributed by atoms with E-state index in [1.165, 1.54) is 18.2 Å². The summed E-state index contributed by atoms with van der Waals surface area (Å²) in [5, 5.41) is 0.752. The van der Waals surface area contributed by atoms with E-state index in [4.69, 9.17) is 0 Å². The average Bonchev–Trinajstić information content (AvgIpc) is 2.04. The molecule has 0 N–H and O–H groups in total. The Labute approximate surface area is 85.1 Å². The first-order chi connectivity index (χ1) is 6.16. The maximum atomic E-state index is 13.2. The second-order valence-electron chi connectivity index (χ2n) is 3.01. The monoisotopic (exact) mass is 248 g/mol. The Balaban J connectivity index is 2.98. The molecule has 0 aromatic heterocycles. The highest BCUT2D eigenvalue weighted by atomic mass is 79.9. The van der Waals surface area contributed by atoms with Gasteiger partial charge in [-0.05, 0) is 24.5 Å². The summed E-state index contributed by atoms with van der Waals surface area (Å²) in [6, 6.07) is 3.97. The first-order valence-electron chi connectivity index (χ1n) is 4.16. The molecule has 0 saturated carbocycles. The second-order valence-corrected chi connectivity index (χ2v) is 3.81. The third kappa shape index (κ3) is 2.50. The Kier molecular flexibility index (Phi) is 3.85. The molecule has 1 aromatic carbocycles. The summed E-state index contributed by atoms with van der Waals surface area (Å²) in [5.41, 5.74) is 0.196. The Hall–Kier alpha value is -0.440. The van der Waals surface area contributed by atoms with Gasteiger partial charge in [-0.1, -0.05) is 28.9 Å². The van der Waals surface area contributed by atoms with Crippen LogP contribution in [0.1, 0.15) is 24.8 Å². The van der Waals surface area contributed by atoms with E-state index in [-0.39, 0.29) is 11.5 Å². The summed E-state index contributed by atoms with van der Waals surface area (Å²) in [4.78, 5) is 0. The van der Waals surface area contributed by atoms with Gasteiger partial charge in [-0.2, -0.15) is 0 Å². The van der Waals surface area contributed by atoms with Gasteiger partial charge in [0.2, 0.25) is 0 Å². The van der Waals surface area contributed by atoms with Gasteiger partial charge in [0.1, 0.15) is 11.6 Å². The van der Waals surface area contributed by atoms with E-state index >= 15 is 0 Å². The van der Waals surface area contributed by atoms with E-state index < -0.39 is 11.6 Å². The third-order valence-corrected chi connectivity index (χ3v) is 2.49. The molecule has 0 amide bonds. The molecule has 0 aliphatic heterocycles. The van der Waals surface area contributed by atoms with Crippen molar-refractivity contribution in [2.45, 2.75) is 19.3 Å². The first kappa shape index (κ1) is 10.6. The molecular formula is C10H11BrF2. The van der Waals surface area contributed by atoms with Crippen molar-refractivity contribution in [2.24, 2.45) is 0 Å². The van der Waals surface area contributed by atoms with Crippen LogP contribution < -0.4 is 0 Å². The lowest BCUT2D eigenvalue weighted by molar-refractivity contribution is 0.529. The molecule has 0 saturated heterocycles. The van der Waals surface area contributed by atoms with Crippen molar-refractivity contribution in [3.05, 3.63) is 35.4 Å².